The lowest BCUT2D eigenvalue weighted by molar-refractivity contribution is -0.121. The predicted octanol–water partition coefficient (Wildman–Crippen LogP) is 0.518. The van der Waals surface area contributed by atoms with E-state index in [1.807, 2.05) is 13.8 Å². The molecular weight excluding hydrogens is 218 g/mol. The Bertz CT molecular complexity index is 422. The van der Waals surface area contributed by atoms with Crippen molar-refractivity contribution in [3.05, 3.63) is 17.0 Å². The minimum Gasteiger partial charge on any atom is -0.392 e. The van der Waals surface area contributed by atoms with Gasteiger partial charge in [0, 0.05) is 17.8 Å². The number of aliphatic hydroxyl groups is 1. The van der Waals surface area contributed by atoms with Crippen LogP contribution in [0.5, 0.6) is 0 Å². The second-order valence-electron chi connectivity index (χ2n) is 4.71. The van der Waals surface area contributed by atoms with Crippen LogP contribution in [0.2, 0.25) is 0 Å². The van der Waals surface area contributed by atoms with Crippen molar-refractivity contribution >= 4 is 5.91 Å². The highest BCUT2D eigenvalue weighted by molar-refractivity contribution is 5.75. The number of hydrogen-bond acceptors (Lipinski definition) is 3. The molecule has 1 saturated carbocycles. The molecule has 5 heteroatoms. The van der Waals surface area contributed by atoms with E-state index in [1.165, 1.54) is 12.8 Å². The molecule has 1 fully saturated rings. The highest BCUT2D eigenvalue weighted by Crippen LogP contribution is 2.27. The molecule has 0 spiro atoms. The summed E-state index contributed by atoms with van der Waals surface area (Å²) in [5.41, 5.74) is 2.48. The zero-order chi connectivity index (χ0) is 12.4. The largest absolute Gasteiger partial charge is 0.392 e. The van der Waals surface area contributed by atoms with E-state index in [0.29, 0.717) is 5.92 Å². The van der Waals surface area contributed by atoms with Crippen molar-refractivity contribution < 1.29 is 9.90 Å². The molecule has 0 radical (unpaired) electrons. The molecule has 5 nitrogen and oxygen atoms in total. The van der Waals surface area contributed by atoms with Crippen LogP contribution in [-0.2, 0) is 17.9 Å². The minimum absolute atomic E-state index is 0.00742. The van der Waals surface area contributed by atoms with Gasteiger partial charge in [0.25, 0.3) is 0 Å². The van der Waals surface area contributed by atoms with Gasteiger partial charge in [-0.1, -0.05) is 0 Å². The minimum atomic E-state index is -0.0264. The maximum atomic E-state index is 11.7. The van der Waals surface area contributed by atoms with Crippen molar-refractivity contribution in [3.63, 3.8) is 0 Å². The van der Waals surface area contributed by atoms with E-state index in [4.69, 9.17) is 0 Å². The predicted molar refractivity (Wildman–Crippen MR) is 63.4 cm³/mol. The first kappa shape index (κ1) is 12.1. The monoisotopic (exact) mass is 237 g/mol. The van der Waals surface area contributed by atoms with Crippen molar-refractivity contribution in [2.75, 3.05) is 6.54 Å². The van der Waals surface area contributed by atoms with Gasteiger partial charge in [0.05, 0.1) is 12.3 Å². The summed E-state index contributed by atoms with van der Waals surface area (Å²) in [5, 5.41) is 16.3. The van der Waals surface area contributed by atoms with Gasteiger partial charge in [0.15, 0.2) is 0 Å². The molecule has 0 aromatic carbocycles. The summed E-state index contributed by atoms with van der Waals surface area (Å²) in [7, 11) is 0. The van der Waals surface area contributed by atoms with Crippen molar-refractivity contribution in [2.24, 2.45) is 5.92 Å². The summed E-state index contributed by atoms with van der Waals surface area (Å²) in [6.45, 7) is 4.71. The molecular formula is C12H19N3O2. The van der Waals surface area contributed by atoms with Crippen molar-refractivity contribution in [3.8, 4) is 0 Å². The summed E-state index contributed by atoms with van der Waals surface area (Å²) in [6, 6.07) is 0. The molecule has 1 aromatic heterocycles. The molecule has 1 aliphatic rings. The number of aromatic nitrogens is 2. The Labute approximate surface area is 101 Å². The molecule has 0 aliphatic heterocycles. The van der Waals surface area contributed by atoms with Crippen molar-refractivity contribution in [1.82, 2.24) is 15.1 Å². The van der Waals surface area contributed by atoms with Gasteiger partial charge in [-0.25, -0.2) is 0 Å². The van der Waals surface area contributed by atoms with Crippen LogP contribution < -0.4 is 5.32 Å². The van der Waals surface area contributed by atoms with E-state index in [9.17, 15) is 9.90 Å². The van der Waals surface area contributed by atoms with Crippen LogP contribution in [0.25, 0.3) is 0 Å². The van der Waals surface area contributed by atoms with Crippen molar-refractivity contribution in [2.45, 2.75) is 39.8 Å². The van der Waals surface area contributed by atoms with Crippen LogP contribution in [0, 0.1) is 19.8 Å². The smallest absolute Gasteiger partial charge is 0.241 e. The van der Waals surface area contributed by atoms with Gasteiger partial charge < -0.3 is 10.4 Å². The second-order valence-corrected chi connectivity index (χ2v) is 4.71. The highest BCUT2D eigenvalue weighted by Gasteiger charge is 2.22. The SMILES string of the molecule is Cc1nn(CC(=O)NCC2CC2)c(C)c1CO. The topological polar surface area (TPSA) is 67.2 Å². The molecule has 0 bridgehead atoms. The van der Waals surface area contributed by atoms with Crippen LogP contribution in [0.1, 0.15) is 29.8 Å². The Morgan fingerprint density at radius 3 is 2.76 bits per heavy atom. The average Bonchev–Trinajstić information content (AvgIpc) is 3.06. The maximum Gasteiger partial charge on any atom is 0.241 e. The van der Waals surface area contributed by atoms with Gasteiger partial charge in [-0.05, 0) is 32.6 Å². The van der Waals surface area contributed by atoms with Crippen LogP contribution in [0.3, 0.4) is 0 Å². The van der Waals surface area contributed by atoms with Gasteiger partial charge in [-0.3, -0.25) is 9.48 Å². The lowest BCUT2D eigenvalue weighted by atomic mass is 10.2. The third kappa shape index (κ3) is 2.85. The van der Waals surface area contributed by atoms with Gasteiger partial charge in [0.2, 0.25) is 5.91 Å². The fourth-order valence-corrected chi connectivity index (χ4v) is 1.89. The van der Waals surface area contributed by atoms with E-state index in [0.717, 1.165) is 23.5 Å². The Hall–Kier alpha value is -1.36. The molecule has 2 rings (SSSR count). The summed E-state index contributed by atoms with van der Waals surface area (Å²) in [5.74, 6) is 0.680. The van der Waals surface area contributed by atoms with E-state index in [1.54, 1.807) is 4.68 Å². The van der Waals surface area contributed by atoms with Crippen LogP contribution in [-0.4, -0.2) is 27.3 Å². The molecule has 94 valence electrons. The molecule has 1 amide bonds. The molecule has 17 heavy (non-hydrogen) atoms. The Morgan fingerprint density at radius 2 is 2.24 bits per heavy atom. The average molecular weight is 237 g/mol. The van der Waals surface area contributed by atoms with E-state index < -0.39 is 0 Å². The van der Waals surface area contributed by atoms with Crippen LogP contribution in [0.15, 0.2) is 0 Å². The Kier molecular flexibility index (Phi) is 3.47. The summed E-state index contributed by atoms with van der Waals surface area (Å²) in [4.78, 5) is 11.7. The number of nitrogens with zero attached hydrogens (tertiary/aromatic N) is 2. The number of aliphatic hydroxyl groups excluding tert-OH is 1. The molecule has 0 unspecified atom stereocenters. The fraction of sp³-hybridized carbons (Fsp3) is 0.667. The van der Waals surface area contributed by atoms with Gasteiger partial charge >= 0.3 is 0 Å². The number of amides is 1. The number of carbonyl (C=O) groups is 1. The molecule has 1 heterocycles. The second kappa shape index (κ2) is 4.87. The summed E-state index contributed by atoms with van der Waals surface area (Å²) in [6.07, 6.45) is 2.46. The van der Waals surface area contributed by atoms with E-state index >= 15 is 0 Å². The molecule has 1 aliphatic carbocycles. The zero-order valence-electron chi connectivity index (χ0n) is 10.4. The number of aryl methyl sites for hydroxylation is 1. The number of nitrogens with one attached hydrogen (secondary N) is 1. The number of hydrogen-bond donors (Lipinski definition) is 2. The zero-order valence-corrected chi connectivity index (χ0v) is 10.4. The van der Waals surface area contributed by atoms with E-state index in [-0.39, 0.29) is 19.1 Å². The maximum absolute atomic E-state index is 11.7. The summed E-state index contributed by atoms with van der Waals surface area (Å²) >= 11 is 0. The fourth-order valence-electron chi connectivity index (χ4n) is 1.89. The number of carbonyl (C=O) groups excluding carboxylic acids is 1. The lowest BCUT2D eigenvalue weighted by Crippen LogP contribution is -2.30. The standard InChI is InChI=1S/C12H19N3O2/c1-8-11(7-16)9(2)15(14-8)6-12(17)13-5-10-3-4-10/h10,16H,3-7H2,1-2H3,(H,13,17). The van der Waals surface area contributed by atoms with E-state index in [2.05, 4.69) is 10.4 Å². The highest BCUT2D eigenvalue weighted by atomic mass is 16.3. The normalized spacial score (nSPS) is 15.0. The molecule has 1 aromatic rings. The third-order valence-electron chi connectivity index (χ3n) is 3.27. The van der Waals surface area contributed by atoms with Gasteiger partial charge in [-0.15, -0.1) is 0 Å². The Balaban J connectivity index is 1.94. The Morgan fingerprint density at radius 1 is 1.53 bits per heavy atom. The quantitative estimate of drug-likeness (QED) is 0.784. The first-order chi connectivity index (χ1) is 8.11. The first-order valence-electron chi connectivity index (χ1n) is 6.02. The summed E-state index contributed by atoms with van der Waals surface area (Å²) < 4.78 is 1.66. The lowest BCUT2D eigenvalue weighted by Gasteiger charge is -2.06. The van der Waals surface area contributed by atoms with Gasteiger partial charge in [0.1, 0.15) is 6.54 Å². The molecule has 2 N–H and O–H groups in total. The molecule has 0 saturated heterocycles. The number of rotatable bonds is 5. The third-order valence-corrected chi connectivity index (χ3v) is 3.27. The molecule has 0 atom stereocenters. The van der Waals surface area contributed by atoms with Crippen LogP contribution >= 0.6 is 0 Å². The van der Waals surface area contributed by atoms with Crippen molar-refractivity contribution in [1.29, 1.82) is 0 Å². The van der Waals surface area contributed by atoms with Crippen LogP contribution in [0.4, 0.5) is 0 Å². The first-order valence-corrected chi connectivity index (χ1v) is 6.02. The van der Waals surface area contributed by atoms with Gasteiger partial charge in [-0.2, -0.15) is 5.10 Å².